The van der Waals surface area contributed by atoms with Gasteiger partial charge in [0.1, 0.15) is 5.69 Å². The highest BCUT2D eigenvalue weighted by Gasteiger charge is 2.08. The van der Waals surface area contributed by atoms with E-state index >= 15 is 0 Å². The molecule has 4 heteroatoms. The van der Waals surface area contributed by atoms with E-state index in [9.17, 15) is 4.79 Å². The number of aromatic nitrogens is 1. The van der Waals surface area contributed by atoms with Crippen molar-refractivity contribution < 1.29 is 9.53 Å². The van der Waals surface area contributed by atoms with Crippen molar-refractivity contribution in [1.29, 1.82) is 0 Å². The second-order valence-electron chi connectivity index (χ2n) is 3.25. The normalized spacial score (nSPS) is 10.5. The Labute approximate surface area is 92.8 Å². The van der Waals surface area contributed by atoms with E-state index in [1.165, 1.54) is 7.11 Å². The van der Waals surface area contributed by atoms with E-state index in [1.807, 2.05) is 18.2 Å². The van der Waals surface area contributed by atoms with Crippen LogP contribution >= 0.6 is 12.6 Å². The molecule has 1 aromatic carbocycles. The Bertz CT molecular complexity index is 504. The zero-order chi connectivity index (χ0) is 10.8. The third kappa shape index (κ3) is 1.85. The summed E-state index contributed by atoms with van der Waals surface area (Å²) >= 11 is 4.20. The van der Waals surface area contributed by atoms with Gasteiger partial charge in [0.2, 0.25) is 0 Å². The van der Waals surface area contributed by atoms with E-state index in [1.54, 1.807) is 6.07 Å². The summed E-state index contributed by atoms with van der Waals surface area (Å²) in [4.78, 5) is 14.3. The molecular formula is C11H11NO2S. The molecule has 2 aromatic rings. The molecule has 0 spiro atoms. The van der Waals surface area contributed by atoms with E-state index in [0.29, 0.717) is 11.4 Å². The topological polar surface area (TPSA) is 42.1 Å². The number of ether oxygens (including phenoxy) is 1. The number of fused-ring (bicyclic) bond motifs is 1. The predicted molar refractivity (Wildman–Crippen MR) is 62.3 cm³/mol. The first kappa shape index (κ1) is 10.1. The molecule has 0 unspecified atom stereocenters. The summed E-state index contributed by atoms with van der Waals surface area (Å²) in [6.07, 6.45) is 0. The number of H-pyrrole nitrogens is 1. The highest BCUT2D eigenvalue weighted by atomic mass is 32.1. The van der Waals surface area contributed by atoms with Crippen molar-refractivity contribution in [3.8, 4) is 0 Å². The molecule has 0 aliphatic heterocycles. The fourth-order valence-corrected chi connectivity index (χ4v) is 1.70. The number of hydrogen-bond acceptors (Lipinski definition) is 3. The molecule has 15 heavy (non-hydrogen) atoms. The standard InChI is InChI=1S/C11H11NO2S/c1-14-11(13)10-5-8-4-7(6-15)2-3-9(8)12-10/h2-5,12,15H,6H2,1H3. The Morgan fingerprint density at radius 2 is 2.27 bits per heavy atom. The van der Waals surface area contributed by atoms with Crippen LogP contribution in [-0.2, 0) is 10.5 Å². The first-order valence-corrected chi connectivity index (χ1v) is 5.18. The molecule has 1 aromatic heterocycles. The van der Waals surface area contributed by atoms with Crippen LogP contribution in [0.5, 0.6) is 0 Å². The lowest BCUT2D eigenvalue weighted by atomic mass is 10.2. The van der Waals surface area contributed by atoms with Crippen LogP contribution < -0.4 is 0 Å². The molecule has 1 heterocycles. The van der Waals surface area contributed by atoms with Crippen molar-refractivity contribution in [2.75, 3.05) is 7.11 Å². The summed E-state index contributed by atoms with van der Waals surface area (Å²) in [5.41, 5.74) is 2.53. The van der Waals surface area contributed by atoms with Gasteiger partial charge >= 0.3 is 5.97 Å². The Morgan fingerprint density at radius 1 is 1.47 bits per heavy atom. The summed E-state index contributed by atoms with van der Waals surface area (Å²) in [7, 11) is 1.37. The summed E-state index contributed by atoms with van der Waals surface area (Å²) in [6.45, 7) is 0. The van der Waals surface area contributed by atoms with Crippen molar-refractivity contribution in [3.05, 3.63) is 35.5 Å². The highest BCUT2D eigenvalue weighted by Crippen LogP contribution is 2.18. The molecule has 2 rings (SSSR count). The van der Waals surface area contributed by atoms with Gasteiger partial charge < -0.3 is 9.72 Å². The molecule has 3 nitrogen and oxygen atoms in total. The molecule has 0 saturated heterocycles. The monoisotopic (exact) mass is 221 g/mol. The van der Waals surface area contributed by atoms with Crippen molar-refractivity contribution in [2.45, 2.75) is 5.75 Å². The van der Waals surface area contributed by atoms with Gasteiger partial charge in [-0.15, -0.1) is 0 Å². The van der Waals surface area contributed by atoms with Crippen LogP contribution in [0.2, 0.25) is 0 Å². The number of rotatable bonds is 2. The molecule has 0 saturated carbocycles. The average Bonchev–Trinajstić information content (AvgIpc) is 2.70. The highest BCUT2D eigenvalue weighted by molar-refractivity contribution is 7.79. The lowest BCUT2D eigenvalue weighted by Gasteiger charge is -1.94. The number of thiol groups is 1. The van der Waals surface area contributed by atoms with Crippen LogP contribution in [0.4, 0.5) is 0 Å². The zero-order valence-corrected chi connectivity index (χ0v) is 9.17. The second kappa shape index (κ2) is 3.98. The average molecular weight is 221 g/mol. The van der Waals surface area contributed by atoms with Gasteiger partial charge in [-0.25, -0.2) is 4.79 Å². The molecule has 0 fully saturated rings. The second-order valence-corrected chi connectivity index (χ2v) is 3.57. The summed E-state index contributed by atoms with van der Waals surface area (Å²) in [5.74, 6) is 0.341. The maximum atomic E-state index is 11.3. The van der Waals surface area contributed by atoms with Crippen LogP contribution in [0.15, 0.2) is 24.3 Å². The minimum Gasteiger partial charge on any atom is -0.464 e. The van der Waals surface area contributed by atoms with Crippen molar-refractivity contribution >= 4 is 29.5 Å². The van der Waals surface area contributed by atoms with Crippen LogP contribution in [0.3, 0.4) is 0 Å². The van der Waals surface area contributed by atoms with Crippen LogP contribution in [0.25, 0.3) is 10.9 Å². The molecule has 1 N–H and O–H groups in total. The molecule has 78 valence electrons. The van der Waals surface area contributed by atoms with E-state index < -0.39 is 0 Å². The quantitative estimate of drug-likeness (QED) is 0.604. The first-order valence-electron chi connectivity index (χ1n) is 4.55. The number of benzene rings is 1. The largest absolute Gasteiger partial charge is 0.464 e. The minimum atomic E-state index is -0.348. The Kier molecular flexibility index (Phi) is 2.68. The zero-order valence-electron chi connectivity index (χ0n) is 8.28. The van der Waals surface area contributed by atoms with Crippen molar-refractivity contribution in [3.63, 3.8) is 0 Å². The summed E-state index contributed by atoms with van der Waals surface area (Å²) in [6, 6.07) is 7.71. The third-order valence-electron chi connectivity index (χ3n) is 2.27. The van der Waals surface area contributed by atoms with Gasteiger partial charge in [-0.2, -0.15) is 12.6 Å². The number of esters is 1. The molecule has 0 aliphatic rings. The van der Waals surface area contributed by atoms with Gasteiger partial charge in [0, 0.05) is 16.7 Å². The minimum absolute atomic E-state index is 0.348. The van der Waals surface area contributed by atoms with E-state index in [-0.39, 0.29) is 5.97 Å². The maximum absolute atomic E-state index is 11.3. The van der Waals surface area contributed by atoms with E-state index in [2.05, 4.69) is 22.3 Å². The molecule has 0 radical (unpaired) electrons. The van der Waals surface area contributed by atoms with Gasteiger partial charge in [-0.1, -0.05) is 6.07 Å². The van der Waals surface area contributed by atoms with Crippen LogP contribution in [0.1, 0.15) is 16.1 Å². The molecule has 0 atom stereocenters. The molecule has 0 bridgehead atoms. The van der Waals surface area contributed by atoms with Crippen LogP contribution in [0, 0.1) is 0 Å². The number of hydrogen-bond donors (Lipinski definition) is 2. The third-order valence-corrected chi connectivity index (χ3v) is 2.64. The number of carbonyl (C=O) groups is 1. The first-order chi connectivity index (χ1) is 7.24. The lowest BCUT2D eigenvalue weighted by Crippen LogP contribution is -2.00. The lowest BCUT2D eigenvalue weighted by molar-refractivity contribution is 0.0595. The smallest absolute Gasteiger partial charge is 0.354 e. The molecule has 0 aliphatic carbocycles. The van der Waals surface area contributed by atoms with Gasteiger partial charge in [-0.05, 0) is 23.8 Å². The maximum Gasteiger partial charge on any atom is 0.354 e. The van der Waals surface area contributed by atoms with Crippen molar-refractivity contribution in [1.82, 2.24) is 4.98 Å². The van der Waals surface area contributed by atoms with Crippen molar-refractivity contribution in [2.24, 2.45) is 0 Å². The Balaban J connectivity index is 2.51. The summed E-state index contributed by atoms with van der Waals surface area (Å²) < 4.78 is 4.64. The van der Waals surface area contributed by atoms with Gasteiger partial charge in [0.25, 0.3) is 0 Å². The van der Waals surface area contributed by atoms with Crippen LogP contribution in [-0.4, -0.2) is 18.1 Å². The molecular weight excluding hydrogens is 210 g/mol. The van der Waals surface area contributed by atoms with E-state index in [4.69, 9.17) is 0 Å². The SMILES string of the molecule is COC(=O)c1cc2cc(CS)ccc2[nH]1. The number of methoxy groups -OCH3 is 1. The fourth-order valence-electron chi connectivity index (χ4n) is 1.50. The van der Waals surface area contributed by atoms with Gasteiger partial charge in [0.15, 0.2) is 0 Å². The summed E-state index contributed by atoms with van der Waals surface area (Å²) in [5, 5.41) is 1.00. The fraction of sp³-hybridized carbons (Fsp3) is 0.182. The number of carbonyl (C=O) groups excluding carboxylic acids is 1. The van der Waals surface area contributed by atoms with E-state index in [0.717, 1.165) is 16.5 Å². The number of aromatic amines is 1. The Hall–Kier alpha value is -1.42. The predicted octanol–water partition coefficient (Wildman–Crippen LogP) is 2.38. The van der Waals surface area contributed by atoms with Gasteiger partial charge in [-0.3, -0.25) is 0 Å². The number of nitrogens with one attached hydrogen (secondary N) is 1. The van der Waals surface area contributed by atoms with Gasteiger partial charge in [0.05, 0.1) is 7.11 Å². The molecule has 0 amide bonds. The Morgan fingerprint density at radius 3 is 2.93 bits per heavy atom.